The molecular weight excluding hydrogens is 332 g/mol. The second kappa shape index (κ2) is 8.43. The number of hydrogen-bond acceptors (Lipinski definition) is 4. The van der Waals surface area contributed by atoms with E-state index in [1.807, 2.05) is 18.7 Å². The van der Waals surface area contributed by atoms with E-state index in [0.29, 0.717) is 13.1 Å². The molecule has 25 heavy (non-hydrogen) atoms. The van der Waals surface area contributed by atoms with Crippen LogP contribution in [0.15, 0.2) is 54.2 Å². The molecule has 0 saturated carbocycles. The van der Waals surface area contributed by atoms with Crippen molar-refractivity contribution in [2.75, 3.05) is 7.05 Å². The van der Waals surface area contributed by atoms with Crippen molar-refractivity contribution in [1.82, 2.24) is 25.2 Å². The number of nitrogens with zero attached hydrogens (tertiary/aromatic N) is 4. The molecule has 7 heteroatoms. The molecule has 0 unspecified atom stereocenters. The zero-order chi connectivity index (χ0) is 17.5. The number of guanidine groups is 1. The van der Waals surface area contributed by atoms with Gasteiger partial charge in [0.25, 0.3) is 0 Å². The number of imidazole rings is 1. The Hall–Kier alpha value is -2.67. The van der Waals surface area contributed by atoms with Crippen molar-refractivity contribution < 1.29 is 0 Å². The van der Waals surface area contributed by atoms with Crippen LogP contribution in [-0.4, -0.2) is 27.5 Å². The van der Waals surface area contributed by atoms with E-state index in [9.17, 15) is 0 Å². The number of benzene rings is 1. The molecular formula is C18H22N6S. The monoisotopic (exact) mass is 354 g/mol. The molecule has 0 bridgehead atoms. The van der Waals surface area contributed by atoms with Crippen molar-refractivity contribution in [3.8, 4) is 0 Å². The van der Waals surface area contributed by atoms with E-state index in [0.717, 1.165) is 17.5 Å². The van der Waals surface area contributed by atoms with Crippen LogP contribution in [0.3, 0.4) is 0 Å². The molecule has 1 aromatic carbocycles. The molecule has 130 valence electrons. The third kappa shape index (κ3) is 5.15. The number of hydrogen-bond donors (Lipinski definition) is 2. The summed E-state index contributed by atoms with van der Waals surface area (Å²) < 4.78 is 2.06. The summed E-state index contributed by atoms with van der Waals surface area (Å²) in [6, 6.07) is 8.52. The minimum Gasteiger partial charge on any atom is -0.352 e. The highest BCUT2D eigenvalue weighted by molar-refractivity contribution is 7.11. The Morgan fingerprint density at radius 1 is 1.24 bits per heavy atom. The van der Waals surface area contributed by atoms with Gasteiger partial charge in [0.2, 0.25) is 0 Å². The van der Waals surface area contributed by atoms with Gasteiger partial charge in [0, 0.05) is 43.6 Å². The first-order chi connectivity index (χ1) is 12.2. The lowest BCUT2D eigenvalue weighted by Crippen LogP contribution is -2.36. The van der Waals surface area contributed by atoms with Crippen molar-refractivity contribution in [2.45, 2.75) is 26.6 Å². The third-order valence-electron chi connectivity index (χ3n) is 3.68. The Bertz CT molecular complexity index is 822. The summed E-state index contributed by atoms with van der Waals surface area (Å²) in [4.78, 5) is 13.9. The zero-order valence-electron chi connectivity index (χ0n) is 14.4. The Morgan fingerprint density at radius 2 is 2.08 bits per heavy atom. The lowest BCUT2D eigenvalue weighted by atomic mass is 10.1. The van der Waals surface area contributed by atoms with Gasteiger partial charge in [0.05, 0.1) is 12.9 Å². The van der Waals surface area contributed by atoms with Gasteiger partial charge in [-0.05, 0) is 18.1 Å². The average Bonchev–Trinajstić information content (AvgIpc) is 3.27. The predicted molar refractivity (Wildman–Crippen MR) is 102 cm³/mol. The highest BCUT2D eigenvalue weighted by Gasteiger charge is 2.03. The molecule has 0 saturated heterocycles. The Balaban J connectivity index is 1.52. The van der Waals surface area contributed by atoms with Crippen molar-refractivity contribution in [1.29, 1.82) is 0 Å². The molecule has 0 spiro atoms. The zero-order valence-corrected chi connectivity index (χ0v) is 15.3. The molecule has 0 fully saturated rings. The molecule has 2 aromatic heterocycles. The van der Waals surface area contributed by atoms with Gasteiger partial charge in [0.1, 0.15) is 5.01 Å². The van der Waals surface area contributed by atoms with Crippen molar-refractivity contribution in [3.05, 3.63) is 70.2 Å². The lowest BCUT2D eigenvalue weighted by molar-refractivity contribution is 0.786. The molecule has 0 atom stereocenters. The van der Waals surface area contributed by atoms with Crippen LogP contribution >= 0.6 is 11.3 Å². The van der Waals surface area contributed by atoms with Gasteiger partial charge in [-0.1, -0.05) is 24.3 Å². The number of aryl methyl sites for hydroxylation is 1. The normalized spacial score (nSPS) is 11.5. The summed E-state index contributed by atoms with van der Waals surface area (Å²) in [6.45, 7) is 4.28. The van der Waals surface area contributed by atoms with Gasteiger partial charge in [0.15, 0.2) is 5.96 Å². The van der Waals surface area contributed by atoms with E-state index in [4.69, 9.17) is 0 Å². The van der Waals surface area contributed by atoms with Crippen LogP contribution in [-0.2, 0) is 19.6 Å². The van der Waals surface area contributed by atoms with Gasteiger partial charge < -0.3 is 15.2 Å². The molecule has 3 rings (SSSR count). The topological polar surface area (TPSA) is 67.1 Å². The van der Waals surface area contributed by atoms with Gasteiger partial charge in [-0.25, -0.2) is 9.97 Å². The molecule has 0 amide bonds. The predicted octanol–water partition coefficient (Wildman–Crippen LogP) is 2.56. The van der Waals surface area contributed by atoms with E-state index in [1.54, 1.807) is 24.6 Å². The van der Waals surface area contributed by atoms with Crippen LogP contribution in [0.4, 0.5) is 0 Å². The highest BCUT2D eigenvalue weighted by Crippen LogP contribution is 2.10. The summed E-state index contributed by atoms with van der Waals surface area (Å²) in [7, 11) is 1.78. The first-order valence-electron chi connectivity index (χ1n) is 8.12. The average molecular weight is 354 g/mol. The van der Waals surface area contributed by atoms with Gasteiger partial charge in [-0.3, -0.25) is 4.99 Å². The van der Waals surface area contributed by atoms with Crippen molar-refractivity contribution >= 4 is 17.3 Å². The van der Waals surface area contributed by atoms with Crippen LogP contribution in [0.1, 0.15) is 21.0 Å². The smallest absolute Gasteiger partial charge is 0.191 e. The number of aromatic nitrogens is 3. The van der Waals surface area contributed by atoms with E-state index < -0.39 is 0 Å². The summed E-state index contributed by atoms with van der Waals surface area (Å²) in [5, 5.41) is 7.70. The highest BCUT2D eigenvalue weighted by atomic mass is 32.1. The standard InChI is InChI=1S/C18H22N6S/c1-14-9-21-17(25-14)11-23-18(19-2)22-10-15-4-3-5-16(8-15)12-24-7-6-20-13-24/h3-9,13H,10-12H2,1-2H3,(H2,19,22,23). The summed E-state index contributed by atoms with van der Waals surface area (Å²) >= 11 is 1.69. The number of rotatable bonds is 6. The minimum absolute atomic E-state index is 0.679. The fraction of sp³-hybridized carbons (Fsp3) is 0.278. The molecule has 0 aliphatic rings. The van der Waals surface area contributed by atoms with E-state index >= 15 is 0 Å². The van der Waals surface area contributed by atoms with Crippen LogP contribution in [0.2, 0.25) is 0 Å². The maximum absolute atomic E-state index is 4.35. The van der Waals surface area contributed by atoms with E-state index in [1.165, 1.54) is 16.0 Å². The summed E-state index contributed by atoms with van der Waals surface area (Å²) in [6.07, 6.45) is 7.49. The quantitative estimate of drug-likeness (QED) is 0.527. The first kappa shape index (κ1) is 17.2. The first-order valence-corrected chi connectivity index (χ1v) is 8.94. The van der Waals surface area contributed by atoms with E-state index in [2.05, 4.69) is 61.4 Å². The molecule has 0 aliphatic carbocycles. The Kier molecular flexibility index (Phi) is 5.79. The number of thiazole rings is 1. The molecule has 3 aromatic rings. The Morgan fingerprint density at radius 3 is 2.80 bits per heavy atom. The van der Waals surface area contributed by atoms with Gasteiger partial charge in [-0.2, -0.15) is 0 Å². The molecule has 2 N–H and O–H groups in total. The second-order valence-corrected chi connectivity index (χ2v) is 7.02. The number of nitrogens with one attached hydrogen (secondary N) is 2. The largest absolute Gasteiger partial charge is 0.352 e. The van der Waals surface area contributed by atoms with Crippen LogP contribution < -0.4 is 10.6 Å². The van der Waals surface area contributed by atoms with E-state index in [-0.39, 0.29) is 0 Å². The minimum atomic E-state index is 0.679. The second-order valence-electron chi connectivity index (χ2n) is 5.70. The summed E-state index contributed by atoms with van der Waals surface area (Å²) in [5.74, 6) is 0.771. The van der Waals surface area contributed by atoms with Crippen LogP contribution in [0.5, 0.6) is 0 Å². The SMILES string of the molecule is CN=C(NCc1cccc(Cn2ccnc2)c1)NCc1ncc(C)s1. The number of aliphatic imine (C=N–C) groups is 1. The van der Waals surface area contributed by atoms with Gasteiger partial charge >= 0.3 is 0 Å². The molecule has 2 heterocycles. The van der Waals surface area contributed by atoms with Crippen molar-refractivity contribution in [3.63, 3.8) is 0 Å². The third-order valence-corrected chi connectivity index (χ3v) is 4.59. The van der Waals surface area contributed by atoms with Crippen molar-refractivity contribution in [2.24, 2.45) is 4.99 Å². The molecule has 6 nitrogen and oxygen atoms in total. The van der Waals surface area contributed by atoms with Crippen LogP contribution in [0, 0.1) is 6.92 Å². The molecule has 0 aliphatic heterocycles. The van der Waals surface area contributed by atoms with Gasteiger partial charge in [-0.15, -0.1) is 11.3 Å². The fourth-order valence-electron chi connectivity index (χ4n) is 2.48. The molecule has 0 radical (unpaired) electrons. The fourth-order valence-corrected chi connectivity index (χ4v) is 3.20. The van der Waals surface area contributed by atoms with Crippen LogP contribution in [0.25, 0.3) is 0 Å². The lowest BCUT2D eigenvalue weighted by Gasteiger charge is -2.12. The summed E-state index contributed by atoms with van der Waals surface area (Å²) in [5.41, 5.74) is 2.46. The Labute approximate surface area is 151 Å². The maximum Gasteiger partial charge on any atom is 0.191 e. The maximum atomic E-state index is 4.35.